The molecule has 0 bridgehead atoms. The van der Waals surface area contributed by atoms with E-state index in [1.54, 1.807) is 7.11 Å². The van der Waals surface area contributed by atoms with Crippen molar-refractivity contribution in [1.82, 2.24) is 5.32 Å². The summed E-state index contributed by atoms with van der Waals surface area (Å²) in [5.41, 5.74) is 1.82. The molecule has 1 aliphatic rings. The van der Waals surface area contributed by atoms with Crippen molar-refractivity contribution in [2.45, 2.75) is 44.9 Å². The largest absolute Gasteiger partial charge is 0.497 e. The maximum atomic E-state index is 10.2. The number of rotatable bonds is 5. The minimum absolute atomic E-state index is 0.0285. The van der Waals surface area contributed by atoms with Crippen LogP contribution in [0.1, 0.15) is 32.8 Å². The number of β-amino-alcohol motifs (C(OH)–C–C–N with tert-alkyl or cyclic N) is 1. The normalized spacial score (nSPS) is 19.9. The molecule has 21 heavy (non-hydrogen) atoms. The third-order valence-corrected chi connectivity index (χ3v) is 3.39. The first kappa shape index (κ1) is 15.8. The van der Waals surface area contributed by atoms with Gasteiger partial charge in [-0.2, -0.15) is 0 Å². The lowest BCUT2D eigenvalue weighted by Gasteiger charge is -2.24. The number of aliphatic hydroxyl groups is 1. The zero-order chi connectivity index (χ0) is 15.5. The van der Waals surface area contributed by atoms with Crippen LogP contribution in [-0.4, -0.2) is 42.2 Å². The van der Waals surface area contributed by atoms with E-state index >= 15 is 0 Å². The van der Waals surface area contributed by atoms with Crippen LogP contribution in [0.4, 0.5) is 0 Å². The minimum Gasteiger partial charge on any atom is -0.497 e. The summed E-state index contributed by atoms with van der Waals surface area (Å²) >= 11 is 0. The average Bonchev–Trinajstić information content (AvgIpc) is 2.94. The second-order valence-corrected chi connectivity index (χ2v) is 6.31. The van der Waals surface area contributed by atoms with E-state index in [0.717, 1.165) is 17.0 Å². The SMILES string of the molecule is COc1ccc(C2=NO[C@@H]([C@@H](O)CNC(C)(C)C)C2)cc1. The Balaban J connectivity index is 1.89. The van der Waals surface area contributed by atoms with E-state index < -0.39 is 6.10 Å². The minimum atomic E-state index is -0.580. The van der Waals surface area contributed by atoms with E-state index in [0.29, 0.717) is 13.0 Å². The third kappa shape index (κ3) is 4.44. The molecule has 0 radical (unpaired) electrons. The predicted octanol–water partition coefficient (Wildman–Crippen LogP) is 1.94. The highest BCUT2D eigenvalue weighted by Crippen LogP contribution is 2.21. The molecule has 1 aliphatic heterocycles. The standard InChI is InChI=1S/C16H24N2O3/c1-16(2,3)17-10-14(19)15-9-13(18-21-15)11-5-7-12(20-4)8-6-11/h5-8,14-15,17,19H,9-10H2,1-4H3/t14-,15+/m0/s1. The van der Waals surface area contributed by atoms with Crippen LogP contribution in [0, 0.1) is 0 Å². The molecule has 0 saturated heterocycles. The van der Waals surface area contributed by atoms with Crippen molar-refractivity contribution >= 4 is 5.71 Å². The molecule has 5 heteroatoms. The van der Waals surface area contributed by atoms with Gasteiger partial charge in [0.25, 0.3) is 0 Å². The van der Waals surface area contributed by atoms with Gasteiger partial charge in [0.15, 0.2) is 6.10 Å². The van der Waals surface area contributed by atoms with Gasteiger partial charge in [-0.1, -0.05) is 5.16 Å². The van der Waals surface area contributed by atoms with Crippen molar-refractivity contribution in [2.24, 2.45) is 5.16 Å². The number of methoxy groups -OCH3 is 1. The number of ether oxygens (including phenoxy) is 1. The van der Waals surface area contributed by atoms with Gasteiger partial charge < -0.3 is 20.0 Å². The fraction of sp³-hybridized carbons (Fsp3) is 0.562. The summed E-state index contributed by atoms with van der Waals surface area (Å²) in [7, 11) is 1.64. The number of nitrogens with one attached hydrogen (secondary N) is 1. The molecule has 116 valence electrons. The van der Waals surface area contributed by atoms with Crippen LogP contribution in [0.25, 0.3) is 0 Å². The van der Waals surface area contributed by atoms with E-state index in [1.165, 1.54) is 0 Å². The Morgan fingerprint density at radius 3 is 2.62 bits per heavy atom. The summed E-state index contributed by atoms with van der Waals surface area (Å²) in [6.07, 6.45) is -0.264. The smallest absolute Gasteiger partial charge is 0.160 e. The highest BCUT2D eigenvalue weighted by Gasteiger charge is 2.29. The highest BCUT2D eigenvalue weighted by atomic mass is 16.7. The van der Waals surface area contributed by atoms with E-state index in [-0.39, 0.29) is 11.6 Å². The molecule has 0 spiro atoms. The van der Waals surface area contributed by atoms with Crippen LogP contribution in [0.3, 0.4) is 0 Å². The van der Waals surface area contributed by atoms with Gasteiger partial charge in [-0.05, 0) is 50.6 Å². The van der Waals surface area contributed by atoms with Crippen LogP contribution in [0.15, 0.2) is 29.4 Å². The Morgan fingerprint density at radius 2 is 2.05 bits per heavy atom. The first-order valence-electron chi connectivity index (χ1n) is 7.19. The number of hydrogen-bond acceptors (Lipinski definition) is 5. The summed E-state index contributed by atoms with van der Waals surface area (Å²) in [5.74, 6) is 0.809. The van der Waals surface area contributed by atoms with Gasteiger partial charge in [-0.25, -0.2) is 0 Å². The van der Waals surface area contributed by atoms with Gasteiger partial charge in [0.05, 0.1) is 12.8 Å². The second-order valence-electron chi connectivity index (χ2n) is 6.31. The maximum Gasteiger partial charge on any atom is 0.160 e. The molecule has 0 fully saturated rings. The molecule has 0 saturated carbocycles. The average molecular weight is 292 g/mol. The molecule has 0 aliphatic carbocycles. The van der Waals surface area contributed by atoms with Crippen molar-refractivity contribution in [2.75, 3.05) is 13.7 Å². The topological polar surface area (TPSA) is 63.1 Å². The molecule has 0 aromatic heterocycles. The number of oxime groups is 1. The quantitative estimate of drug-likeness (QED) is 0.870. The summed E-state index contributed by atoms with van der Waals surface area (Å²) in [4.78, 5) is 5.37. The molecule has 2 atom stereocenters. The summed E-state index contributed by atoms with van der Waals surface area (Å²) in [5, 5.41) is 17.5. The van der Waals surface area contributed by atoms with Gasteiger partial charge in [-0.15, -0.1) is 0 Å². The molecule has 2 N–H and O–H groups in total. The van der Waals surface area contributed by atoms with Crippen LogP contribution in [0.2, 0.25) is 0 Å². The second kappa shape index (κ2) is 6.45. The first-order chi connectivity index (χ1) is 9.89. The van der Waals surface area contributed by atoms with Crippen molar-refractivity contribution in [1.29, 1.82) is 0 Å². The predicted molar refractivity (Wildman–Crippen MR) is 82.8 cm³/mol. The summed E-state index contributed by atoms with van der Waals surface area (Å²) < 4.78 is 5.14. The molecule has 1 aromatic rings. The Labute approximate surface area is 125 Å². The number of benzene rings is 1. The Bertz CT molecular complexity index is 491. The van der Waals surface area contributed by atoms with Gasteiger partial charge in [0, 0.05) is 18.5 Å². The van der Waals surface area contributed by atoms with E-state index in [9.17, 15) is 5.11 Å². The molecule has 1 heterocycles. The highest BCUT2D eigenvalue weighted by molar-refractivity contribution is 6.01. The monoisotopic (exact) mass is 292 g/mol. The lowest BCUT2D eigenvalue weighted by Crippen LogP contribution is -2.44. The van der Waals surface area contributed by atoms with Crippen molar-refractivity contribution < 1.29 is 14.7 Å². The molecule has 0 unspecified atom stereocenters. The number of nitrogens with zero attached hydrogens (tertiary/aromatic N) is 1. The van der Waals surface area contributed by atoms with Crippen LogP contribution < -0.4 is 10.1 Å². The van der Waals surface area contributed by atoms with Crippen molar-refractivity contribution in [3.8, 4) is 5.75 Å². The zero-order valence-electron chi connectivity index (χ0n) is 13.1. The third-order valence-electron chi connectivity index (χ3n) is 3.39. The molecule has 5 nitrogen and oxygen atoms in total. The van der Waals surface area contributed by atoms with E-state index in [4.69, 9.17) is 9.57 Å². The summed E-state index contributed by atoms with van der Waals surface area (Å²) in [6, 6.07) is 7.68. The Morgan fingerprint density at radius 1 is 1.38 bits per heavy atom. The fourth-order valence-electron chi connectivity index (χ4n) is 2.10. The van der Waals surface area contributed by atoms with Gasteiger partial charge >= 0.3 is 0 Å². The lowest BCUT2D eigenvalue weighted by atomic mass is 10.0. The molecular formula is C16H24N2O3. The molecule has 1 aromatic carbocycles. The van der Waals surface area contributed by atoms with Crippen LogP contribution in [0.5, 0.6) is 5.75 Å². The number of aliphatic hydroxyl groups excluding tert-OH is 1. The van der Waals surface area contributed by atoms with Gasteiger partial charge in [0.2, 0.25) is 0 Å². The van der Waals surface area contributed by atoms with Gasteiger partial charge in [-0.3, -0.25) is 0 Å². The molecule has 0 amide bonds. The van der Waals surface area contributed by atoms with E-state index in [2.05, 4.69) is 31.2 Å². The number of hydrogen-bond donors (Lipinski definition) is 2. The Kier molecular flexibility index (Phi) is 4.85. The lowest BCUT2D eigenvalue weighted by molar-refractivity contribution is -0.0181. The Hall–Kier alpha value is -1.59. The first-order valence-corrected chi connectivity index (χ1v) is 7.19. The molecule has 2 rings (SSSR count). The van der Waals surface area contributed by atoms with Crippen molar-refractivity contribution in [3.05, 3.63) is 29.8 Å². The zero-order valence-corrected chi connectivity index (χ0v) is 13.1. The van der Waals surface area contributed by atoms with Crippen LogP contribution in [-0.2, 0) is 4.84 Å². The molecular weight excluding hydrogens is 268 g/mol. The fourth-order valence-corrected chi connectivity index (χ4v) is 2.10. The van der Waals surface area contributed by atoms with E-state index in [1.807, 2.05) is 24.3 Å². The van der Waals surface area contributed by atoms with Gasteiger partial charge in [0.1, 0.15) is 11.9 Å². The summed E-state index contributed by atoms with van der Waals surface area (Å²) in [6.45, 7) is 6.68. The van der Waals surface area contributed by atoms with Crippen molar-refractivity contribution in [3.63, 3.8) is 0 Å². The van der Waals surface area contributed by atoms with Crippen LogP contribution >= 0.6 is 0 Å². The maximum absolute atomic E-state index is 10.2.